The number of ether oxygens (including phenoxy) is 1. The summed E-state index contributed by atoms with van der Waals surface area (Å²) in [6, 6.07) is 0. The first-order valence-corrected chi connectivity index (χ1v) is 5.34. The van der Waals surface area contributed by atoms with E-state index in [0.29, 0.717) is 26.1 Å². The van der Waals surface area contributed by atoms with E-state index >= 15 is 0 Å². The number of rotatable bonds is 7. The van der Waals surface area contributed by atoms with Gasteiger partial charge in [-0.3, -0.25) is 14.3 Å². The molecule has 1 aromatic rings. The van der Waals surface area contributed by atoms with Crippen molar-refractivity contribution in [1.29, 1.82) is 0 Å². The van der Waals surface area contributed by atoms with Gasteiger partial charge in [0, 0.05) is 20.2 Å². The first kappa shape index (κ1) is 13.6. The lowest BCUT2D eigenvalue weighted by Gasteiger charge is -2.06. The second kappa shape index (κ2) is 6.97. The van der Waals surface area contributed by atoms with Gasteiger partial charge in [0.25, 0.3) is 5.56 Å². The maximum atomic E-state index is 12.9. The molecule has 0 saturated heterocycles. The molecule has 0 radical (unpaired) electrons. The number of H-pyrrole nitrogens is 1. The maximum absolute atomic E-state index is 12.9. The molecule has 0 atom stereocenters. The first-order chi connectivity index (χ1) is 8.15. The summed E-state index contributed by atoms with van der Waals surface area (Å²) in [7, 11) is 1.62. The average molecular weight is 245 g/mol. The predicted octanol–water partition coefficient (Wildman–Crippen LogP) is -0.698. The highest BCUT2D eigenvalue weighted by molar-refractivity contribution is 4.86. The van der Waals surface area contributed by atoms with Crippen LogP contribution in [-0.4, -0.2) is 36.4 Å². The molecule has 6 nitrogen and oxygen atoms in total. The number of aromatic amines is 1. The fourth-order valence-electron chi connectivity index (χ4n) is 1.32. The van der Waals surface area contributed by atoms with Crippen LogP contribution in [0.25, 0.3) is 0 Å². The lowest BCUT2D eigenvalue weighted by Crippen LogP contribution is -2.32. The van der Waals surface area contributed by atoms with Gasteiger partial charge in [0.2, 0.25) is 5.82 Å². The molecule has 1 rings (SSSR count). The zero-order valence-electron chi connectivity index (χ0n) is 9.66. The summed E-state index contributed by atoms with van der Waals surface area (Å²) < 4.78 is 18.9. The molecule has 0 aliphatic carbocycles. The lowest BCUT2D eigenvalue weighted by molar-refractivity contribution is 0.199. The van der Waals surface area contributed by atoms with Crippen molar-refractivity contribution in [2.24, 2.45) is 0 Å². The summed E-state index contributed by atoms with van der Waals surface area (Å²) in [5.41, 5.74) is -1.57. The number of aromatic nitrogens is 2. The Morgan fingerprint density at radius 1 is 1.47 bits per heavy atom. The predicted molar refractivity (Wildman–Crippen MR) is 60.6 cm³/mol. The Balaban J connectivity index is 2.39. The molecule has 0 amide bonds. The van der Waals surface area contributed by atoms with E-state index in [1.807, 2.05) is 4.98 Å². The Kier molecular flexibility index (Phi) is 5.58. The normalized spacial score (nSPS) is 10.7. The molecule has 7 heteroatoms. The number of nitrogens with one attached hydrogen (secondary N) is 2. The third-order valence-corrected chi connectivity index (χ3v) is 2.20. The summed E-state index contributed by atoms with van der Waals surface area (Å²) in [4.78, 5) is 23.9. The third kappa shape index (κ3) is 4.49. The summed E-state index contributed by atoms with van der Waals surface area (Å²) in [6.07, 6.45) is 1.59. The van der Waals surface area contributed by atoms with Gasteiger partial charge in [0.05, 0.1) is 12.8 Å². The number of methoxy groups -OCH3 is 1. The second-order valence-corrected chi connectivity index (χ2v) is 3.53. The van der Waals surface area contributed by atoms with Crippen molar-refractivity contribution in [1.82, 2.24) is 14.9 Å². The molecule has 0 saturated carbocycles. The Labute approximate surface area is 97.4 Å². The monoisotopic (exact) mass is 245 g/mol. The van der Waals surface area contributed by atoms with Crippen molar-refractivity contribution in [2.45, 2.75) is 13.0 Å². The zero-order chi connectivity index (χ0) is 12.7. The first-order valence-electron chi connectivity index (χ1n) is 5.34. The standard InChI is InChI=1S/C10H16FN3O3/c1-17-6-4-12-3-2-5-14-7-8(11)9(15)13-10(14)16/h7,12H,2-6H2,1H3,(H,13,15,16). The number of halogens is 1. The van der Waals surface area contributed by atoms with Crippen LogP contribution in [0.15, 0.2) is 15.8 Å². The minimum Gasteiger partial charge on any atom is -0.383 e. The highest BCUT2D eigenvalue weighted by atomic mass is 19.1. The van der Waals surface area contributed by atoms with Gasteiger partial charge in [0.1, 0.15) is 0 Å². The topological polar surface area (TPSA) is 76.1 Å². The molecular formula is C10H16FN3O3. The van der Waals surface area contributed by atoms with Gasteiger partial charge in [0.15, 0.2) is 0 Å². The molecule has 0 aromatic carbocycles. The SMILES string of the molecule is COCCNCCCn1cc(F)c(=O)[nH]c1=O. The van der Waals surface area contributed by atoms with Crippen molar-refractivity contribution in [3.63, 3.8) is 0 Å². The molecule has 96 valence electrons. The van der Waals surface area contributed by atoms with E-state index < -0.39 is 17.1 Å². The van der Waals surface area contributed by atoms with E-state index in [0.717, 1.165) is 17.3 Å². The fourth-order valence-corrected chi connectivity index (χ4v) is 1.32. The van der Waals surface area contributed by atoms with E-state index in [9.17, 15) is 14.0 Å². The highest BCUT2D eigenvalue weighted by Gasteiger charge is 2.02. The van der Waals surface area contributed by atoms with E-state index in [2.05, 4.69) is 5.32 Å². The van der Waals surface area contributed by atoms with Crippen molar-refractivity contribution < 1.29 is 9.13 Å². The molecule has 0 spiro atoms. The summed E-state index contributed by atoms with van der Waals surface area (Å²) in [5, 5.41) is 3.10. The van der Waals surface area contributed by atoms with Gasteiger partial charge in [-0.1, -0.05) is 0 Å². The number of hydrogen-bond donors (Lipinski definition) is 2. The minimum absolute atomic E-state index is 0.354. The zero-order valence-corrected chi connectivity index (χ0v) is 9.66. The molecule has 1 aromatic heterocycles. The van der Waals surface area contributed by atoms with Crippen LogP contribution in [0.3, 0.4) is 0 Å². The minimum atomic E-state index is -0.982. The second-order valence-electron chi connectivity index (χ2n) is 3.53. The molecule has 0 unspecified atom stereocenters. The Hall–Kier alpha value is -1.47. The van der Waals surface area contributed by atoms with Gasteiger partial charge in [-0.2, -0.15) is 4.39 Å². The Morgan fingerprint density at radius 2 is 2.24 bits per heavy atom. The van der Waals surface area contributed by atoms with E-state index in [1.165, 1.54) is 0 Å². The van der Waals surface area contributed by atoms with Crippen LogP contribution in [-0.2, 0) is 11.3 Å². The van der Waals surface area contributed by atoms with Gasteiger partial charge >= 0.3 is 5.69 Å². The van der Waals surface area contributed by atoms with Crippen LogP contribution < -0.4 is 16.6 Å². The summed E-state index contributed by atoms with van der Waals surface area (Å²) in [6.45, 7) is 2.39. The quantitative estimate of drug-likeness (QED) is 0.623. The van der Waals surface area contributed by atoms with Crippen LogP contribution in [0.5, 0.6) is 0 Å². The van der Waals surface area contributed by atoms with Crippen LogP contribution in [0, 0.1) is 5.82 Å². The number of nitrogens with zero attached hydrogens (tertiary/aromatic N) is 1. The molecule has 0 bridgehead atoms. The number of aryl methyl sites for hydroxylation is 1. The van der Waals surface area contributed by atoms with Crippen LogP contribution in [0.1, 0.15) is 6.42 Å². The summed E-state index contributed by atoms with van der Waals surface area (Å²) in [5.74, 6) is -0.947. The van der Waals surface area contributed by atoms with Crippen molar-refractivity contribution >= 4 is 0 Å². The van der Waals surface area contributed by atoms with Crippen LogP contribution in [0.2, 0.25) is 0 Å². The molecular weight excluding hydrogens is 229 g/mol. The van der Waals surface area contributed by atoms with E-state index in [1.54, 1.807) is 7.11 Å². The molecule has 1 heterocycles. The van der Waals surface area contributed by atoms with E-state index in [-0.39, 0.29) is 0 Å². The smallest absolute Gasteiger partial charge is 0.328 e. The van der Waals surface area contributed by atoms with Crippen molar-refractivity contribution in [3.8, 4) is 0 Å². The molecule has 0 aliphatic heterocycles. The fraction of sp³-hybridized carbons (Fsp3) is 0.600. The highest BCUT2D eigenvalue weighted by Crippen LogP contribution is 1.87. The molecule has 0 aliphatic rings. The molecule has 0 fully saturated rings. The summed E-state index contributed by atoms with van der Waals surface area (Å²) >= 11 is 0. The van der Waals surface area contributed by atoms with Crippen molar-refractivity contribution in [2.75, 3.05) is 26.8 Å². The maximum Gasteiger partial charge on any atom is 0.328 e. The van der Waals surface area contributed by atoms with Gasteiger partial charge in [-0.05, 0) is 13.0 Å². The van der Waals surface area contributed by atoms with Crippen LogP contribution in [0.4, 0.5) is 4.39 Å². The van der Waals surface area contributed by atoms with Gasteiger partial charge in [-0.15, -0.1) is 0 Å². The molecule has 2 N–H and O–H groups in total. The van der Waals surface area contributed by atoms with Crippen molar-refractivity contribution in [3.05, 3.63) is 32.9 Å². The van der Waals surface area contributed by atoms with Crippen LogP contribution >= 0.6 is 0 Å². The lowest BCUT2D eigenvalue weighted by atomic mass is 10.4. The average Bonchev–Trinajstić information content (AvgIpc) is 2.30. The Morgan fingerprint density at radius 3 is 2.94 bits per heavy atom. The van der Waals surface area contributed by atoms with Gasteiger partial charge in [-0.25, -0.2) is 4.79 Å². The van der Waals surface area contributed by atoms with Gasteiger partial charge < -0.3 is 10.1 Å². The Bertz CT molecular complexity index is 455. The van der Waals surface area contributed by atoms with E-state index in [4.69, 9.17) is 4.74 Å². The number of hydrogen-bond acceptors (Lipinski definition) is 4. The largest absolute Gasteiger partial charge is 0.383 e. The third-order valence-electron chi connectivity index (χ3n) is 2.20. The molecule has 17 heavy (non-hydrogen) atoms.